The van der Waals surface area contributed by atoms with Crippen molar-refractivity contribution in [2.75, 3.05) is 18.0 Å². The van der Waals surface area contributed by atoms with Crippen molar-refractivity contribution < 1.29 is 0 Å². The summed E-state index contributed by atoms with van der Waals surface area (Å²) >= 11 is 3.70. The van der Waals surface area contributed by atoms with Crippen LogP contribution in [0.15, 0.2) is 22.7 Å². The predicted octanol–water partition coefficient (Wildman–Crippen LogP) is 4.34. The molecule has 106 valence electrons. The van der Waals surface area contributed by atoms with Crippen LogP contribution in [0.3, 0.4) is 0 Å². The summed E-state index contributed by atoms with van der Waals surface area (Å²) in [6, 6.07) is 6.60. The van der Waals surface area contributed by atoms with E-state index in [-0.39, 0.29) is 6.04 Å². The van der Waals surface area contributed by atoms with Crippen molar-refractivity contribution in [3.8, 4) is 0 Å². The van der Waals surface area contributed by atoms with E-state index < -0.39 is 0 Å². The number of anilines is 1. The zero-order valence-corrected chi connectivity index (χ0v) is 14.0. The van der Waals surface area contributed by atoms with Gasteiger partial charge in [0.1, 0.15) is 0 Å². The standard InChI is InChI=1S/C16H25BrN2/c1-11(18)12-5-6-15(14(17)9-12)19-8-7-13(10-19)16(2,3)4/h5-6,9,11,13H,7-8,10,18H2,1-4H3/t11-,13?/m1/s1. The van der Waals surface area contributed by atoms with Crippen LogP contribution in [0.4, 0.5) is 5.69 Å². The van der Waals surface area contributed by atoms with E-state index in [2.05, 4.69) is 59.8 Å². The van der Waals surface area contributed by atoms with E-state index in [1.54, 1.807) is 0 Å². The number of halogens is 1. The maximum Gasteiger partial charge on any atom is 0.0510 e. The molecule has 1 fully saturated rings. The highest BCUT2D eigenvalue weighted by Crippen LogP contribution is 2.38. The third kappa shape index (κ3) is 3.32. The Labute approximate surface area is 125 Å². The molecule has 0 saturated carbocycles. The average molecular weight is 325 g/mol. The van der Waals surface area contributed by atoms with Gasteiger partial charge in [-0.3, -0.25) is 0 Å². The summed E-state index contributed by atoms with van der Waals surface area (Å²) in [5.74, 6) is 0.771. The van der Waals surface area contributed by atoms with Crippen LogP contribution in [0.5, 0.6) is 0 Å². The van der Waals surface area contributed by atoms with E-state index in [0.29, 0.717) is 5.41 Å². The van der Waals surface area contributed by atoms with Crippen molar-refractivity contribution >= 4 is 21.6 Å². The summed E-state index contributed by atoms with van der Waals surface area (Å²) in [6.07, 6.45) is 1.28. The molecule has 0 aromatic heterocycles. The SMILES string of the molecule is C[C@@H](N)c1ccc(N2CCC(C(C)(C)C)C2)c(Br)c1. The fourth-order valence-corrected chi connectivity index (χ4v) is 3.40. The molecule has 1 unspecified atom stereocenters. The van der Waals surface area contributed by atoms with Crippen LogP contribution < -0.4 is 10.6 Å². The van der Waals surface area contributed by atoms with Crippen LogP contribution in [0.1, 0.15) is 45.7 Å². The Morgan fingerprint density at radius 3 is 2.53 bits per heavy atom. The van der Waals surface area contributed by atoms with Gasteiger partial charge in [-0.15, -0.1) is 0 Å². The molecule has 3 heteroatoms. The Morgan fingerprint density at radius 2 is 2.05 bits per heavy atom. The first-order valence-electron chi connectivity index (χ1n) is 7.09. The molecule has 1 aliphatic heterocycles. The zero-order valence-electron chi connectivity index (χ0n) is 12.4. The van der Waals surface area contributed by atoms with E-state index in [1.807, 2.05) is 6.92 Å². The molecule has 2 nitrogen and oxygen atoms in total. The Kier molecular flexibility index (Phi) is 4.26. The first-order valence-corrected chi connectivity index (χ1v) is 7.88. The molecule has 2 rings (SSSR count). The number of nitrogens with zero attached hydrogens (tertiary/aromatic N) is 1. The Balaban J connectivity index is 2.16. The first kappa shape index (κ1) is 14.9. The molecule has 0 aliphatic carbocycles. The molecule has 0 spiro atoms. The van der Waals surface area contributed by atoms with Gasteiger partial charge in [-0.25, -0.2) is 0 Å². The zero-order chi connectivity index (χ0) is 14.2. The lowest BCUT2D eigenvalue weighted by Crippen LogP contribution is -2.26. The second kappa shape index (κ2) is 5.45. The van der Waals surface area contributed by atoms with Crippen LogP contribution in [0.2, 0.25) is 0 Å². The summed E-state index contributed by atoms with van der Waals surface area (Å²) in [6.45, 7) is 11.4. The molecule has 1 heterocycles. The lowest BCUT2D eigenvalue weighted by molar-refractivity contribution is 0.263. The molecule has 2 atom stereocenters. The molecular formula is C16H25BrN2. The smallest absolute Gasteiger partial charge is 0.0510 e. The molecule has 0 radical (unpaired) electrons. The van der Waals surface area contributed by atoms with Crippen molar-refractivity contribution in [3.63, 3.8) is 0 Å². The van der Waals surface area contributed by atoms with E-state index in [1.165, 1.54) is 17.7 Å². The van der Waals surface area contributed by atoms with Crippen molar-refractivity contribution in [3.05, 3.63) is 28.2 Å². The minimum absolute atomic E-state index is 0.0891. The second-order valence-corrected chi connectivity index (χ2v) is 7.65. The average Bonchev–Trinajstić information content (AvgIpc) is 2.77. The van der Waals surface area contributed by atoms with Gasteiger partial charge in [0.15, 0.2) is 0 Å². The Bertz CT molecular complexity index is 449. The number of hydrogen-bond acceptors (Lipinski definition) is 2. The van der Waals surface area contributed by atoms with Gasteiger partial charge in [-0.05, 0) is 58.3 Å². The molecule has 1 aromatic rings. The van der Waals surface area contributed by atoms with Gasteiger partial charge < -0.3 is 10.6 Å². The largest absolute Gasteiger partial charge is 0.370 e. The van der Waals surface area contributed by atoms with Crippen molar-refractivity contribution in [1.82, 2.24) is 0 Å². The van der Waals surface area contributed by atoms with Crippen molar-refractivity contribution in [2.24, 2.45) is 17.1 Å². The molecule has 19 heavy (non-hydrogen) atoms. The van der Waals surface area contributed by atoms with Gasteiger partial charge in [-0.2, -0.15) is 0 Å². The van der Waals surface area contributed by atoms with Crippen molar-refractivity contribution in [1.29, 1.82) is 0 Å². The lowest BCUT2D eigenvalue weighted by Gasteiger charge is -2.28. The minimum atomic E-state index is 0.0891. The number of benzene rings is 1. The quantitative estimate of drug-likeness (QED) is 0.876. The van der Waals surface area contributed by atoms with Crippen LogP contribution in [-0.4, -0.2) is 13.1 Å². The van der Waals surface area contributed by atoms with E-state index >= 15 is 0 Å². The monoisotopic (exact) mass is 324 g/mol. The normalized spacial score (nSPS) is 21.8. The molecule has 0 amide bonds. The van der Waals surface area contributed by atoms with E-state index in [0.717, 1.165) is 23.5 Å². The maximum atomic E-state index is 5.93. The summed E-state index contributed by atoms with van der Waals surface area (Å²) in [4.78, 5) is 2.49. The van der Waals surface area contributed by atoms with Gasteiger partial charge in [0.2, 0.25) is 0 Å². The molecule has 1 aromatic carbocycles. The molecule has 0 bridgehead atoms. The number of hydrogen-bond donors (Lipinski definition) is 1. The number of nitrogens with two attached hydrogens (primary N) is 1. The van der Waals surface area contributed by atoms with Crippen LogP contribution >= 0.6 is 15.9 Å². The molecule has 1 aliphatic rings. The van der Waals surface area contributed by atoms with Gasteiger partial charge in [-0.1, -0.05) is 26.8 Å². The minimum Gasteiger partial charge on any atom is -0.370 e. The van der Waals surface area contributed by atoms with Crippen LogP contribution in [-0.2, 0) is 0 Å². The highest BCUT2D eigenvalue weighted by Gasteiger charge is 2.32. The topological polar surface area (TPSA) is 29.3 Å². The Morgan fingerprint density at radius 1 is 1.37 bits per heavy atom. The lowest BCUT2D eigenvalue weighted by atomic mass is 9.80. The van der Waals surface area contributed by atoms with Crippen LogP contribution in [0.25, 0.3) is 0 Å². The summed E-state index contributed by atoms with van der Waals surface area (Å²) < 4.78 is 1.16. The van der Waals surface area contributed by atoms with Crippen LogP contribution in [0, 0.1) is 11.3 Å². The molecular weight excluding hydrogens is 300 g/mol. The first-order chi connectivity index (χ1) is 8.79. The highest BCUT2D eigenvalue weighted by atomic mass is 79.9. The maximum absolute atomic E-state index is 5.93. The summed E-state index contributed by atoms with van der Waals surface area (Å²) in [7, 11) is 0. The number of rotatable bonds is 2. The fourth-order valence-electron chi connectivity index (χ4n) is 2.75. The summed E-state index contributed by atoms with van der Waals surface area (Å²) in [5, 5.41) is 0. The molecule has 2 N–H and O–H groups in total. The highest BCUT2D eigenvalue weighted by molar-refractivity contribution is 9.10. The van der Waals surface area contributed by atoms with E-state index in [4.69, 9.17) is 5.73 Å². The van der Waals surface area contributed by atoms with Gasteiger partial charge in [0.25, 0.3) is 0 Å². The predicted molar refractivity (Wildman–Crippen MR) is 86.5 cm³/mol. The van der Waals surface area contributed by atoms with Gasteiger partial charge >= 0.3 is 0 Å². The molecule has 1 saturated heterocycles. The van der Waals surface area contributed by atoms with Gasteiger partial charge in [0.05, 0.1) is 5.69 Å². The summed E-state index contributed by atoms with van der Waals surface area (Å²) in [5.41, 5.74) is 8.81. The fraction of sp³-hybridized carbons (Fsp3) is 0.625. The van der Waals surface area contributed by atoms with Gasteiger partial charge in [0, 0.05) is 23.6 Å². The third-order valence-corrected chi connectivity index (χ3v) is 4.89. The van der Waals surface area contributed by atoms with Crippen molar-refractivity contribution in [2.45, 2.75) is 40.2 Å². The Hall–Kier alpha value is -0.540. The third-order valence-electron chi connectivity index (χ3n) is 4.25. The van der Waals surface area contributed by atoms with E-state index in [9.17, 15) is 0 Å². The second-order valence-electron chi connectivity index (χ2n) is 6.80.